The molecule has 0 aliphatic heterocycles. The van der Waals surface area contributed by atoms with Crippen molar-refractivity contribution in [2.45, 2.75) is 4.34 Å². The number of aromatic nitrogens is 2. The van der Waals surface area contributed by atoms with Gasteiger partial charge in [-0.15, -0.1) is 11.3 Å². The molecule has 0 saturated carbocycles. The SMILES string of the molecule is Nc1ccc2nc(SCC(=O)Nc3cccnc3)sc2c1. The molecule has 21 heavy (non-hydrogen) atoms. The van der Waals surface area contributed by atoms with Crippen LogP contribution in [-0.2, 0) is 4.79 Å². The Morgan fingerprint density at radius 1 is 1.38 bits per heavy atom. The highest BCUT2D eigenvalue weighted by atomic mass is 32.2. The summed E-state index contributed by atoms with van der Waals surface area (Å²) >= 11 is 2.95. The van der Waals surface area contributed by atoms with Gasteiger partial charge in [-0.3, -0.25) is 9.78 Å². The molecule has 0 fully saturated rings. The van der Waals surface area contributed by atoms with Crippen molar-refractivity contribution < 1.29 is 4.79 Å². The third-order valence-corrected chi connectivity index (χ3v) is 4.83. The van der Waals surface area contributed by atoms with Gasteiger partial charge < -0.3 is 11.1 Å². The smallest absolute Gasteiger partial charge is 0.234 e. The van der Waals surface area contributed by atoms with E-state index in [4.69, 9.17) is 5.73 Å². The molecule has 3 aromatic rings. The second-order valence-corrected chi connectivity index (χ2v) is 6.54. The Labute approximate surface area is 129 Å². The normalized spacial score (nSPS) is 10.7. The van der Waals surface area contributed by atoms with Crippen LogP contribution >= 0.6 is 23.1 Å². The van der Waals surface area contributed by atoms with Gasteiger partial charge in [0.2, 0.25) is 5.91 Å². The monoisotopic (exact) mass is 316 g/mol. The number of nitrogens with two attached hydrogens (primary N) is 1. The van der Waals surface area contributed by atoms with Crippen LogP contribution in [0.25, 0.3) is 10.2 Å². The lowest BCUT2D eigenvalue weighted by molar-refractivity contribution is -0.113. The number of hydrogen-bond acceptors (Lipinski definition) is 6. The summed E-state index contributed by atoms with van der Waals surface area (Å²) in [5, 5.41) is 2.79. The van der Waals surface area contributed by atoms with Crippen molar-refractivity contribution >= 4 is 50.6 Å². The Hall–Kier alpha value is -2.12. The highest BCUT2D eigenvalue weighted by molar-refractivity contribution is 8.01. The summed E-state index contributed by atoms with van der Waals surface area (Å²) in [6.45, 7) is 0. The molecule has 0 saturated heterocycles. The average molecular weight is 316 g/mol. The molecule has 0 aliphatic rings. The Kier molecular flexibility index (Phi) is 4.03. The van der Waals surface area contributed by atoms with Crippen molar-refractivity contribution in [3.63, 3.8) is 0 Å². The standard InChI is InChI=1S/C14H12N4OS2/c15-9-3-4-11-12(6-9)21-14(18-11)20-8-13(19)17-10-2-1-5-16-7-10/h1-7H,8,15H2,(H,17,19). The van der Waals surface area contributed by atoms with Gasteiger partial charge in [0.15, 0.2) is 4.34 Å². The van der Waals surface area contributed by atoms with Crippen molar-refractivity contribution in [1.82, 2.24) is 9.97 Å². The molecule has 2 heterocycles. The zero-order valence-corrected chi connectivity index (χ0v) is 12.6. The number of amides is 1. The molecule has 0 bridgehead atoms. The number of benzene rings is 1. The molecule has 0 aliphatic carbocycles. The maximum atomic E-state index is 11.9. The molecular weight excluding hydrogens is 304 g/mol. The zero-order valence-electron chi connectivity index (χ0n) is 10.9. The molecule has 5 nitrogen and oxygen atoms in total. The number of hydrogen-bond donors (Lipinski definition) is 2. The van der Waals surface area contributed by atoms with Crippen molar-refractivity contribution in [2.24, 2.45) is 0 Å². The molecule has 0 unspecified atom stereocenters. The van der Waals surface area contributed by atoms with E-state index in [1.165, 1.54) is 23.1 Å². The van der Waals surface area contributed by atoms with E-state index in [0.29, 0.717) is 11.4 Å². The molecule has 3 rings (SSSR count). The average Bonchev–Trinajstić information content (AvgIpc) is 2.88. The topological polar surface area (TPSA) is 80.9 Å². The number of fused-ring (bicyclic) bond motifs is 1. The molecule has 0 atom stereocenters. The van der Waals surface area contributed by atoms with Crippen LogP contribution in [0.5, 0.6) is 0 Å². The largest absolute Gasteiger partial charge is 0.399 e. The first-order valence-corrected chi connectivity index (χ1v) is 8.00. The second kappa shape index (κ2) is 6.11. The number of anilines is 2. The Morgan fingerprint density at radius 2 is 2.29 bits per heavy atom. The summed E-state index contributed by atoms with van der Waals surface area (Å²) < 4.78 is 1.89. The number of nitrogens with zero attached hydrogens (tertiary/aromatic N) is 2. The Morgan fingerprint density at radius 3 is 3.10 bits per heavy atom. The fraction of sp³-hybridized carbons (Fsp3) is 0.0714. The minimum absolute atomic E-state index is 0.0771. The predicted molar refractivity (Wildman–Crippen MR) is 87.6 cm³/mol. The number of rotatable bonds is 4. The number of nitrogen functional groups attached to an aromatic ring is 1. The van der Waals surface area contributed by atoms with Gasteiger partial charge in [0.05, 0.1) is 27.9 Å². The maximum absolute atomic E-state index is 11.9. The van der Waals surface area contributed by atoms with E-state index in [9.17, 15) is 4.79 Å². The quantitative estimate of drug-likeness (QED) is 0.571. The van der Waals surface area contributed by atoms with Crippen LogP contribution in [0.4, 0.5) is 11.4 Å². The van der Waals surface area contributed by atoms with Crippen molar-refractivity contribution in [3.05, 3.63) is 42.7 Å². The van der Waals surface area contributed by atoms with E-state index in [0.717, 1.165) is 20.2 Å². The first-order chi connectivity index (χ1) is 10.2. The van der Waals surface area contributed by atoms with Gasteiger partial charge >= 0.3 is 0 Å². The fourth-order valence-corrected chi connectivity index (χ4v) is 3.66. The molecule has 0 radical (unpaired) electrons. The summed E-state index contributed by atoms with van der Waals surface area (Å²) in [5.41, 5.74) is 8.06. The molecule has 2 aromatic heterocycles. The van der Waals surface area contributed by atoms with Crippen molar-refractivity contribution in [2.75, 3.05) is 16.8 Å². The summed E-state index contributed by atoms with van der Waals surface area (Å²) in [6.07, 6.45) is 3.28. The number of thiazole rings is 1. The van der Waals surface area contributed by atoms with Crippen LogP contribution in [0.1, 0.15) is 0 Å². The number of thioether (sulfide) groups is 1. The lowest BCUT2D eigenvalue weighted by Gasteiger charge is -2.02. The van der Waals surface area contributed by atoms with Gasteiger partial charge in [-0.25, -0.2) is 4.98 Å². The van der Waals surface area contributed by atoms with Gasteiger partial charge in [-0.05, 0) is 30.3 Å². The number of nitrogens with one attached hydrogen (secondary N) is 1. The number of carbonyl (C=O) groups excluding carboxylic acids is 1. The minimum atomic E-state index is -0.0771. The summed E-state index contributed by atoms with van der Waals surface area (Å²) in [7, 11) is 0. The van der Waals surface area contributed by atoms with E-state index >= 15 is 0 Å². The van der Waals surface area contributed by atoms with E-state index in [1.54, 1.807) is 24.5 Å². The highest BCUT2D eigenvalue weighted by Gasteiger charge is 2.08. The lowest BCUT2D eigenvalue weighted by atomic mass is 10.3. The van der Waals surface area contributed by atoms with Gasteiger partial charge in [0, 0.05) is 11.9 Å². The van der Waals surface area contributed by atoms with E-state index in [1.807, 2.05) is 18.2 Å². The van der Waals surface area contributed by atoms with Gasteiger partial charge in [0.25, 0.3) is 0 Å². The lowest BCUT2D eigenvalue weighted by Crippen LogP contribution is -2.13. The highest BCUT2D eigenvalue weighted by Crippen LogP contribution is 2.30. The van der Waals surface area contributed by atoms with Crippen LogP contribution < -0.4 is 11.1 Å². The van der Waals surface area contributed by atoms with Crippen LogP contribution in [0.3, 0.4) is 0 Å². The number of pyridine rings is 1. The minimum Gasteiger partial charge on any atom is -0.399 e. The molecule has 106 valence electrons. The first kappa shape index (κ1) is 13.8. The summed E-state index contributed by atoms with van der Waals surface area (Å²) in [4.78, 5) is 20.3. The van der Waals surface area contributed by atoms with Gasteiger partial charge in [-0.2, -0.15) is 0 Å². The number of carbonyl (C=O) groups is 1. The van der Waals surface area contributed by atoms with E-state index < -0.39 is 0 Å². The van der Waals surface area contributed by atoms with Crippen molar-refractivity contribution in [3.8, 4) is 0 Å². The molecule has 0 spiro atoms. The third-order valence-electron chi connectivity index (χ3n) is 2.66. The maximum Gasteiger partial charge on any atom is 0.234 e. The van der Waals surface area contributed by atoms with Crippen LogP contribution in [0, 0.1) is 0 Å². The first-order valence-electron chi connectivity index (χ1n) is 6.19. The van der Waals surface area contributed by atoms with E-state index in [2.05, 4.69) is 15.3 Å². The van der Waals surface area contributed by atoms with Gasteiger partial charge in [0.1, 0.15) is 0 Å². The molecule has 1 aromatic carbocycles. The Bertz CT molecular complexity index is 773. The predicted octanol–water partition coefficient (Wildman–Crippen LogP) is 3.00. The molecule has 3 N–H and O–H groups in total. The van der Waals surface area contributed by atoms with Crippen LogP contribution in [-0.4, -0.2) is 21.6 Å². The molecule has 1 amide bonds. The third kappa shape index (κ3) is 3.50. The van der Waals surface area contributed by atoms with Crippen LogP contribution in [0.2, 0.25) is 0 Å². The van der Waals surface area contributed by atoms with Crippen LogP contribution in [0.15, 0.2) is 47.1 Å². The van der Waals surface area contributed by atoms with Gasteiger partial charge in [-0.1, -0.05) is 11.8 Å². The fourth-order valence-electron chi connectivity index (χ4n) is 1.74. The zero-order chi connectivity index (χ0) is 14.7. The molecule has 7 heteroatoms. The Balaban J connectivity index is 1.62. The summed E-state index contributed by atoms with van der Waals surface area (Å²) in [6, 6.07) is 9.19. The molecular formula is C14H12N4OS2. The van der Waals surface area contributed by atoms with E-state index in [-0.39, 0.29) is 5.91 Å². The van der Waals surface area contributed by atoms with Crippen molar-refractivity contribution in [1.29, 1.82) is 0 Å². The second-order valence-electron chi connectivity index (χ2n) is 4.29. The summed E-state index contributed by atoms with van der Waals surface area (Å²) in [5.74, 6) is 0.233.